The van der Waals surface area contributed by atoms with Crippen LogP contribution < -0.4 is 5.32 Å². The van der Waals surface area contributed by atoms with Crippen LogP contribution in [0.5, 0.6) is 0 Å². The van der Waals surface area contributed by atoms with Crippen molar-refractivity contribution in [3.63, 3.8) is 0 Å². The first-order valence-corrected chi connectivity index (χ1v) is 7.15. The third kappa shape index (κ3) is 2.87. The summed E-state index contributed by atoms with van der Waals surface area (Å²) in [6, 6.07) is 2.45. The summed E-state index contributed by atoms with van der Waals surface area (Å²) >= 11 is 1.69. The van der Waals surface area contributed by atoms with Gasteiger partial charge in [0.05, 0.1) is 6.04 Å². The van der Waals surface area contributed by atoms with Crippen molar-refractivity contribution in [1.29, 1.82) is 0 Å². The van der Waals surface area contributed by atoms with Crippen molar-refractivity contribution in [3.8, 4) is 0 Å². The minimum absolute atomic E-state index is 0.00131. The molecule has 17 heavy (non-hydrogen) atoms. The Balaban J connectivity index is 2.12. The van der Waals surface area contributed by atoms with Crippen LogP contribution >= 0.6 is 11.3 Å². The van der Waals surface area contributed by atoms with Gasteiger partial charge in [-0.15, -0.1) is 0 Å². The summed E-state index contributed by atoms with van der Waals surface area (Å²) in [5, 5.41) is 7.33. The highest BCUT2D eigenvalue weighted by atomic mass is 32.1. The Morgan fingerprint density at radius 2 is 2.35 bits per heavy atom. The molecule has 0 bridgehead atoms. The van der Waals surface area contributed by atoms with Gasteiger partial charge >= 0.3 is 0 Å². The summed E-state index contributed by atoms with van der Waals surface area (Å²) in [7, 11) is 1.88. The van der Waals surface area contributed by atoms with Crippen LogP contribution in [0.25, 0.3) is 0 Å². The van der Waals surface area contributed by atoms with Crippen molar-refractivity contribution in [1.82, 2.24) is 10.2 Å². The molecule has 0 aliphatic carbocycles. The predicted molar refractivity (Wildman–Crippen MR) is 71.0 cm³/mol. The lowest BCUT2D eigenvalue weighted by molar-refractivity contribution is -0.135. The molecule has 0 spiro atoms. The first-order valence-electron chi connectivity index (χ1n) is 6.21. The van der Waals surface area contributed by atoms with Gasteiger partial charge in [0.2, 0.25) is 5.91 Å². The third-order valence-corrected chi connectivity index (χ3v) is 4.24. The van der Waals surface area contributed by atoms with Crippen molar-refractivity contribution < 1.29 is 4.79 Å². The maximum absolute atomic E-state index is 12.4. The van der Waals surface area contributed by atoms with E-state index in [1.165, 1.54) is 5.56 Å². The fourth-order valence-corrected chi connectivity index (χ4v) is 3.05. The second kappa shape index (κ2) is 5.65. The van der Waals surface area contributed by atoms with Crippen molar-refractivity contribution in [2.24, 2.45) is 0 Å². The number of likely N-dealkylation sites (tertiary alicyclic amines) is 1. The summed E-state index contributed by atoms with van der Waals surface area (Å²) in [6.07, 6.45) is 3.19. The van der Waals surface area contributed by atoms with Crippen molar-refractivity contribution in [3.05, 3.63) is 22.4 Å². The zero-order chi connectivity index (χ0) is 12.3. The first-order chi connectivity index (χ1) is 8.22. The van der Waals surface area contributed by atoms with E-state index < -0.39 is 0 Å². The minimum Gasteiger partial charge on any atom is -0.334 e. The van der Waals surface area contributed by atoms with E-state index in [0.29, 0.717) is 6.04 Å². The first kappa shape index (κ1) is 12.6. The smallest absolute Gasteiger partial charge is 0.240 e. The highest BCUT2D eigenvalue weighted by Crippen LogP contribution is 2.21. The summed E-state index contributed by atoms with van der Waals surface area (Å²) in [5.74, 6) is 0.253. The van der Waals surface area contributed by atoms with Crippen molar-refractivity contribution in [2.45, 2.75) is 44.8 Å². The lowest BCUT2D eigenvalue weighted by Crippen LogP contribution is -2.46. The monoisotopic (exact) mass is 252 g/mol. The fourth-order valence-electron chi connectivity index (χ4n) is 2.39. The average molecular weight is 252 g/mol. The molecule has 1 N–H and O–H groups in total. The summed E-state index contributed by atoms with van der Waals surface area (Å²) in [6.45, 7) is 2.91. The Labute approximate surface area is 107 Å². The molecule has 1 aromatic rings. The maximum Gasteiger partial charge on any atom is 0.240 e. The standard InChI is InChI=1S/C13H20N2OS/c1-10-4-3-5-12(14-2)13(16)15(10)8-11-6-7-17-9-11/h6-7,9-10,12,14H,3-5,8H2,1-2H3. The van der Waals surface area contributed by atoms with Crippen molar-refractivity contribution in [2.75, 3.05) is 7.05 Å². The molecular formula is C13H20N2OS. The van der Waals surface area contributed by atoms with Crippen LogP contribution in [0.4, 0.5) is 0 Å². The SMILES string of the molecule is CNC1CCCC(C)N(Cc2ccsc2)C1=O. The Hall–Kier alpha value is -0.870. The second-order valence-electron chi connectivity index (χ2n) is 4.72. The summed E-state index contributed by atoms with van der Waals surface area (Å²) < 4.78 is 0. The van der Waals surface area contributed by atoms with Gasteiger partial charge in [-0.2, -0.15) is 11.3 Å². The second-order valence-corrected chi connectivity index (χ2v) is 5.50. The molecule has 94 valence electrons. The largest absolute Gasteiger partial charge is 0.334 e. The molecule has 1 saturated heterocycles. The van der Waals surface area contributed by atoms with Crippen LogP contribution in [0.1, 0.15) is 31.7 Å². The lowest BCUT2D eigenvalue weighted by atomic mass is 10.1. The number of nitrogens with zero attached hydrogens (tertiary/aromatic N) is 1. The summed E-state index contributed by atoms with van der Waals surface area (Å²) in [5.41, 5.74) is 1.24. The van der Waals surface area contributed by atoms with Crippen LogP contribution in [0.2, 0.25) is 0 Å². The topological polar surface area (TPSA) is 32.3 Å². The molecule has 4 heteroatoms. The number of hydrogen-bond acceptors (Lipinski definition) is 3. The molecule has 1 aromatic heterocycles. The maximum atomic E-state index is 12.4. The van der Waals surface area contributed by atoms with Crippen LogP contribution in [0, 0.1) is 0 Å². The number of nitrogens with one attached hydrogen (secondary N) is 1. The molecule has 2 unspecified atom stereocenters. The molecule has 1 fully saturated rings. The number of amides is 1. The average Bonchev–Trinajstić information content (AvgIpc) is 2.79. The zero-order valence-corrected chi connectivity index (χ0v) is 11.3. The molecule has 1 aliphatic rings. The van der Waals surface area contributed by atoms with Gasteiger partial charge in [-0.1, -0.05) is 0 Å². The number of rotatable bonds is 3. The fraction of sp³-hybridized carbons (Fsp3) is 0.615. The van der Waals surface area contributed by atoms with E-state index >= 15 is 0 Å². The Bertz CT molecular complexity index is 364. The molecule has 2 heterocycles. The van der Waals surface area contributed by atoms with E-state index in [-0.39, 0.29) is 11.9 Å². The van der Waals surface area contributed by atoms with Gasteiger partial charge < -0.3 is 10.2 Å². The van der Waals surface area contributed by atoms with E-state index in [1.54, 1.807) is 11.3 Å². The van der Waals surface area contributed by atoms with E-state index in [4.69, 9.17) is 0 Å². The molecule has 0 saturated carbocycles. The third-order valence-electron chi connectivity index (χ3n) is 3.51. The summed E-state index contributed by atoms with van der Waals surface area (Å²) in [4.78, 5) is 14.4. The van der Waals surface area contributed by atoms with Crippen LogP contribution in [-0.4, -0.2) is 29.9 Å². The molecule has 2 atom stereocenters. The van der Waals surface area contributed by atoms with Gasteiger partial charge in [-0.05, 0) is 55.6 Å². The van der Waals surface area contributed by atoms with Gasteiger partial charge in [0.15, 0.2) is 0 Å². The molecule has 3 nitrogen and oxygen atoms in total. The quantitative estimate of drug-likeness (QED) is 0.895. The van der Waals surface area contributed by atoms with Gasteiger partial charge in [0.1, 0.15) is 0 Å². The van der Waals surface area contributed by atoms with Crippen LogP contribution in [0.15, 0.2) is 16.8 Å². The van der Waals surface area contributed by atoms with Gasteiger partial charge in [-0.25, -0.2) is 0 Å². The van der Waals surface area contributed by atoms with E-state index in [9.17, 15) is 4.79 Å². The number of hydrogen-bond donors (Lipinski definition) is 1. The van der Waals surface area contributed by atoms with E-state index in [2.05, 4.69) is 29.1 Å². The van der Waals surface area contributed by atoms with E-state index in [1.807, 2.05) is 11.9 Å². The molecule has 1 amide bonds. The van der Waals surface area contributed by atoms with E-state index in [0.717, 1.165) is 25.8 Å². The highest BCUT2D eigenvalue weighted by molar-refractivity contribution is 7.07. The molecular weight excluding hydrogens is 232 g/mol. The Morgan fingerprint density at radius 3 is 3.00 bits per heavy atom. The number of carbonyl (C=O) groups is 1. The number of likely N-dealkylation sites (N-methyl/N-ethyl adjacent to an activating group) is 1. The van der Waals surface area contributed by atoms with Crippen LogP contribution in [0.3, 0.4) is 0 Å². The van der Waals surface area contributed by atoms with Gasteiger partial charge in [0.25, 0.3) is 0 Å². The van der Waals surface area contributed by atoms with Crippen LogP contribution in [-0.2, 0) is 11.3 Å². The predicted octanol–water partition coefficient (Wildman–Crippen LogP) is 2.24. The molecule has 2 rings (SSSR count). The molecule has 0 aromatic carbocycles. The lowest BCUT2D eigenvalue weighted by Gasteiger charge is -2.29. The molecule has 1 aliphatic heterocycles. The minimum atomic E-state index is -0.00131. The zero-order valence-electron chi connectivity index (χ0n) is 10.5. The van der Waals surface area contributed by atoms with Crippen molar-refractivity contribution >= 4 is 17.2 Å². The number of thiophene rings is 1. The van der Waals surface area contributed by atoms with Gasteiger partial charge in [0, 0.05) is 12.6 Å². The Morgan fingerprint density at radius 1 is 1.53 bits per heavy atom. The number of carbonyl (C=O) groups excluding carboxylic acids is 1. The van der Waals surface area contributed by atoms with Gasteiger partial charge in [-0.3, -0.25) is 4.79 Å². The molecule has 0 radical (unpaired) electrons. The highest BCUT2D eigenvalue weighted by Gasteiger charge is 2.29. The Kier molecular flexibility index (Phi) is 4.18. The normalized spacial score (nSPS) is 26.0.